The quantitative estimate of drug-likeness (QED) is 0.467. The molecule has 0 aliphatic heterocycles. The second-order valence-corrected chi connectivity index (χ2v) is 6.47. The molecule has 0 amide bonds. The van der Waals surface area contributed by atoms with Gasteiger partial charge in [0.25, 0.3) is 0 Å². The zero-order valence-electron chi connectivity index (χ0n) is 14.7. The Morgan fingerprint density at radius 2 is 1.70 bits per heavy atom. The number of carboxylic acids is 1. The molecule has 134 valence electrons. The average molecular weight is 357 g/mol. The summed E-state index contributed by atoms with van der Waals surface area (Å²) in [5, 5.41) is 13.7. The van der Waals surface area contributed by atoms with E-state index in [1.165, 1.54) is 5.56 Å². The Labute approximate surface area is 157 Å². The highest BCUT2D eigenvalue weighted by Gasteiger charge is 2.12. The van der Waals surface area contributed by atoms with Crippen LogP contribution in [0, 0.1) is 0 Å². The monoisotopic (exact) mass is 357 g/mol. The summed E-state index contributed by atoms with van der Waals surface area (Å²) in [4.78, 5) is 11.6. The molecule has 0 spiro atoms. The molecule has 4 nitrogen and oxygen atoms in total. The SMILES string of the molecule is O=C(O)c1ccc(CCc2ccccc2)cc1Nc1ccc2occc2c1. The minimum absolute atomic E-state index is 0.255. The second kappa shape index (κ2) is 7.38. The van der Waals surface area contributed by atoms with E-state index >= 15 is 0 Å². The van der Waals surface area contributed by atoms with Crippen molar-refractivity contribution in [2.24, 2.45) is 0 Å². The van der Waals surface area contributed by atoms with Gasteiger partial charge in [-0.25, -0.2) is 4.79 Å². The molecule has 0 aliphatic carbocycles. The topological polar surface area (TPSA) is 62.5 Å². The number of benzene rings is 3. The van der Waals surface area contributed by atoms with Crippen LogP contribution in [0.3, 0.4) is 0 Å². The van der Waals surface area contributed by atoms with E-state index in [-0.39, 0.29) is 5.56 Å². The largest absolute Gasteiger partial charge is 0.478 e. The van der Waals surface area contributed by atoms with Crippen LogP contribution in [0.2, 0.25) is 0 Å². The number of hydrogen-bond acceptors (Lipinski definition) is 3. The van der Waals surface area contributed by atoms with Crippen LogP contribution in [0.1, 0.15) is 21.5 Å². The van der Waals surface area contributed by atoms with Gasteiger partial charge in [-0.15, -0.1) is 0 Å². The molecule has 2 N–H and O–H groups in total. The number of furan rings is 1. The van der Waals surface area contributed by atoms with Gasteiger partial charge in [0.15, 0.2) is 0 Å². The van der Waals surface area contributed by atoms with Gasteiger partial charge in [0.1, 0.15) is 5.58 Å². The minimum Gasteiger partial charge on any atom is -0.478 e. The number of nitrogens with one attached hydrogen (secondary N) is 1. The molecule has 0 saturated carbocycles. The van der Waals surface area contributed by atoms with E-state index in [9.17, 15) is 9.90 Å². The molecule has 4 heteroatoms. The predicted octanol–water partition coefficient (Wildman–Crippen LogP) is 5.66. The van der Waals surface area contributed by atoms with Crippen LogP contribution >= 0.6 is 0 Å². The summed E-state index contributed by atoms with van der Waals surface area (Å²) >= 11 is 0. The highest BCUT2D eigenvalue weighted by atomic mass is 16.4. The summed E-state index contributed by atoms with van der Waals surface area (Å²) in [6.45, 7) is 0. The summed E-state index contributed by atoms with van der Waals surface area (Å²) in [6, 6.07) is 23.3. The van der Waals surface area contributed by atoms with Gasteiger partial charge in [-0.1, -0.05) is 36.4 Å². The van der Waals surface area contributed by atoms with Crippen molar-refractivity contribution in [3.05, 3.63) is 95.7 Å². The Hall–Kier alpha value is -3.53. The normalized spacial score (nSPS) is 10.8. The van der Waals surface area contributed by atoms with E-state index in [0.717, 1.165) is 35.1 Å². The van der Waals surface area contributed by atoms with Crippen LogP contribution in [0.25, 0.3) is 11.0 Å². The third-order valence-electron chi connectivity index (χ3n) is 4.59. The molecule has 3 aromatic carbocycles. The molecule has 0 aliphatic rings. The fourth-order valence-electron chi connectivity index (χ4n) is 3.17. The highest BCUT2D eigenvalue weighted by Crippen LogP contribution is 2.26. The molecule has 1 heterocycles. The van der Waals surface area contributed by atoms with Gasteiger partial charge < -0.3 is 14.8 Å². The maximum absolute atomic E-state index is 11.6. The Bertz CT molecular complexity index is 1080. The maximum atomic E-state index is 11.6. The van der Waals surface area contributed by atoms with Crippen LogP contribution in [-0.2, 0) is 12.8 Å². The number of anilines is 2. The first-order valence-electron chi connectivity index (χ1n) is 8.83. The molecule has 0 unspecified atom stereocenters. The van der Waals surface area contributed by atoms with Gasteiger partial charge in [-0.05, 0) is 60.4 Å². The number of fused-ring (bicyclic) bond motifs is 1. The lowest BCUT2D eigenvalue weighted by molar-refractivity contribution is 0.0698. The van der Waals surface area contributed by atoms with Gasteiger partial charge in [-0.3, -0.25) is 0 Å². The molecular weight excluding hydrogens is 338 g/mol. The first-order valence-corrected chi connectivity index (χ1v) is 8.83. The van der Waals surface area contributed by atoms with Crippen LogP contribution in [-0.4, -0.2) is 11.1 Å². The van der Waals surface area contributed by atoms with Crippen molar-refractivity contribution in [2.75, 3.05) is 5.32 Å². The van der Waals surface area contributed by atoms with E-state index in [1.54, 1.807) is 12.3 Å². The lowest BCUT2D eigenvalue weighted by Crippen LogP contribution is -2.04. The van der Waals surface area contributed by atoms with Gasteiger partial charge in [0.2, 0.25) is 0 Å². The zero-order valence-corrected chi connectivity index (χ0v) is 14.7. The fourth-order valence-corrected chi connectivity index (χ4v) is 3.17. The Morgan fingerprint density at radius 3 is 2.52 bits per heavy atom. The minimum atomic E-state index is -0.948. The lowest BCUT2D eigenvalue weighted by atomic mass is 10.0. The summed E-state index contributed by atoms with van der Waals surface area (Å²) in [5.41, 5.74) is 4.83. The van der Waals surface area contributed by atoms with Gasteiger partial charge >= 0.3 is 5.97 Å². The van der Waals surface area contributed by atoms with Crippen molar-refractivity contribution in [1.29, 1.82) is 0 Å². The number of aryl methyl sites for hydroxylation is 2. The summed E-state index contributed by atoms with van der Waals surface area (Å²) in [6.07, 6.45) is 3.40. The van der Waals surface area contributed by atoms with Crippen molar-refractivity contribution in [1.82, 2.24) is 0 Å². The van der Waals surface area contributed by atoms with Crippen LogP contribution in [0.15, 0.2) is 83.5 Å². The summed E-state index contributed by atoms with van der Waals surface area (Å²) in [5.74, 6) is -0.948. The number of rotatable bonds is 6. The molecule has 0 bridgehead atoms. The molecule has 4 rings (SSSR count). The average Bonchev–Trinajstić information content (AvgIpc) is 3.15. The van der Waals surface area contributed by atoms with Gasteiger partial charge in [0.05, 0.1) is 17.5 Å². The van der Waals surface area contributed by atoms with Crippen molar-refractivity contribution >= 4 is 28.3 Å². The van der Waals surface area contributed by atoms with E-state index in [1.807, 2.05) is 54.6 Å². The first-order chi connectivity index (χ1) is 13.2. The smallest absolute Gasteiger partial charge is 0.337 e. The molecule has 0 atom stereocenters. The Morgan fingerprint density at radius 1 is 0.889 bits per heavy atom. The highest BCUT2D eigenvalue weighted by molar-refractivity contribution is 5.95. The molecule has 27 heavy (non-hydrogen) atoms. The molecule has 1 aromatic heterocycles. The number of carboxylic acid groups (broad SMARTS) is 1. The van der Waals surface area contributed by atoms with Crippen LogP contribution in [0.5, 0.6) is 0 Å². The van der Waals surface area contributed by atoms with Gasteiger partial charge in [0, 0.05) is 11.1 Å². The first kappa shape index (κ1) is 16.9. The number of hydrogen-bond donors (Lipinski definition) is 2. The van der Waals surface area contributed by atoms with E-state index in [2.05, 4.69) is 17.4 Å². The van der Waals surface area contributed by atoms with Gasteiger partial charge in [-0.2, -0.15) is 0 Å². The third-order valence-corrected chi connectivity index (χ3v) is 4.59. The van der Waals surface area contributed by atoms with Crippen LogP contribution in [0.4, 0.5) is 11.4 Å². The standard InChI is InChI=1S/C23H19NO3/c25-23(26)20-10-8-17(7-6-16-4-2-1-3-5-16)14-21(20)24-19-9-11-22-18(15-19)12-13-27-22/h1-5,8-15,24H,6-7H2,(H,25,26). The van der Waals surface area contributed by atoms with Crippen molar-refractivity contribution in [3.63, 3.8) is 0 Å². The number of aromatic carboxylic acids is 1. The van der Waals surface area contributed by atoms with Crippen molar-refractivity contribution in [3.8, 4) is 0 Å². The Balaban J connectivity index is 1.59. The van der Waals surface area contributed by atoms with Crippen LogP contribution < -0.4 is 5.32 Å². The molecule has 0 saturated heterocycles. The number of carbonyl (C=O) groups is 1. The zero-order chi connectivity index (χ0) is 18.6. The van der Waals surface area contributed by atoms with E-state index in [4.69, 9.17) is 4.42 Å². The fraction of sp³-hybridized carbons (Fsp3) is 0.0870. The molecule has 0 radical (unpaired) electrons. The second-order valence-electron chi connectivity index (χ2n) is 6.47. The lowest BCUT2D eigenvalue weighted by Gasteiger charge is -2.12. The van der Waals surface area contributed by atoms with Crippen molar-refractivity contribution in [2.45, 2.75) is 12.8 Å². The third kappa shape index (κ3) is 3.85. The molecule has 4 aromatic rings. The van der Waals surface area contributed by atoms with E-state index < -0.39 is 5.97 Å². The maximum Gasteiger partial charge on any atom is 0.337 e. The van der Waals surface area contributed by atoms with E-state index in [0.29, 0.717) is 5.69 Å². The summed E-state index contributed by atoms with van der Waals surface area (Å²) in [7, 11) is 0. The van der Waals surface area contributed by atoms with Crippen molar-refractivity contribution < 1.29 is 14.3 Å². The molecular formula is C23H19NO3. The molecule has 0 fully saturated rings. The summed E-state index contributed by atoms with van der Waals surface area (Å²) < 4.78 is 5.36. The Kier molecular flexibility index (Phi) is 4.62. The predicted molar refractivity (Wildman–Crippen MR) is 107 cm³/mol.